The quantitative estimate of drug-likeness (QED) is 0.00963. The number of nitrogens with one attached hydrogen (secondary N) is 7. The van der Waals surface area contributed by atoms with Gasteiger partial charge in [-0.05, 0) is 114 Å². The molecular formula is C91H125N9O20S. The Bertz CT molecular complexity index is 4100. The number of para-hydroxylation sites is 1. The average molecular weight is 1700 g/mol. The number of rotatable bonds is 36. The zero-order valence-electron chi connectivity index (χ0n) is 72.1. The number of nitrogens with zero attached hydrogens (tertiary/aromatic N) is 2. The molecule has 660 valence electrons. The molecule has 30 heteroatoms. The number of carbonyl (C=O) groups excluding carboxylic acids is 12. The Morgan fingerprint density at radius 3 is 1.81 bits per heavy atom. The smallest absolute Gasteiger partial charge is 0.412 e. The molecule has 9 rings (SSSR count). The minimum Gasteiger partial charge on any atom is -0.462 e. The number of anilines is 1. The molecule has 8 amide bonds. The van der Waals surface area contributed by atoms with Crippen molar-refractivity contribution in [3.63, 3.8) is 0 Å². The van der Waals surface area contributed by atoms with E-state index in [2.05, 4.69) is 43.8 Å². The van der Waals surface area contributed by atoms with E-state index >= 15 is 14.4 Å². The Hall–Kier alpha value is -9.91. The lowest BCUT2D eigenvalue weighted by molar-refractivity contribution is -0.224. The molecule has 0 bridgehead atoms. The number of esters is 4. The summed E-state index contributed by atoms with van der Waals surface area (Å²) in [6.07, 6.45) is 7.72. The second kappa shape index (κ2) is 44.2. The van der Waals surface area contributed by atoms with Gasteiger partial charge >= 0.3 is 30.0 Å². The number of thioether (sulfide) groups is 1. The SMILES string of the molecule is C=CCOC(=O)C[C@H](NC(=O)C(CSC(c1ccccc1)(c1ccccc1)c1ccccc1)NC(=O)CNC(=O)C(NC(=O)CNC(=O)C1CC2(C)c3ccccc3NC2N1C(=O)OC(C)(C)C)C(C)CC)C(=O)N1C[C@H](OC2CCCC(COC3CCCCCCCCC3)O2)C[C@H]1C(=O)N[C@H](C(=O)OC(C)(C)C)[C@@H](C)[C@H](COC(C)=O)OC(C)=O. The maximum atomic E-state index is 16.1. The van der Waals surface area contributed by atoms with E-state index in [1.54, 1.807) is 55.4 Å². The number of hydrogen-bond donors (Lipinski definition) is 7. The van der Waals surface area contributed by atoms with Gasteiger partial charge in [-0.3, -0.25) is 52.8 Å². The number of fused-ring (bicyclic) bond motifs is 3. The van der Waals surface area contributed by atoms with Crippen molar-refractivity contribution in [3.05, 3.63) is 150 Å². The van der Waals surface area contributed by atoms with Crippen molar-refractivity contribution in [1.29, 1.82) is 0 Å². The highest BCUT2D eigenvalue weighted by molar-refractivity contribution is 8.00. The fraction of sp³-hybridized carbons (Fsp3) is 0.582. The molecule has 8 unspecified atom stereocenters. The molecule has 4 heterocycles. The first-order valence-electron chi connectivity index (χ1n) is 42.6. The molecule has 7 N–H and O–H groups in total. The fourth-order valence-electron chi connectivity index (χ4n) is 16.4. The summed E-state index contributed by atoms with van der Waals surface area (Å²) >= 11 is 1.27. The van der Waals surface area contributed by atoms with Crippen molar-refractivity contribution in [2.45, 2.75) is 280 Å². The van der Waals surface area contributed by atoms with Crippen LogP contribution >= 0.6 is 11.8 Å². The number of carbonyl (C=O) groups is 12. The third kappa shape index (κ3) is 26.6. The lowest BCUT2D eigenvalue weighted by Gasteiger charge is -2.37. The predicted octanol–water partition coefficient (Wildman–Crippen LogP) is 10.0. The van der Waals surface area contributed by atoms with Crippen molar-refractivity contribution < 1.29 is 95.4 Å². The average Bonchev–Trinajstić information content (AvgIpc) is 1.56. The van der Waals surface area contributed by atoms with E-state index in [9.17, 15) is 43.2 Å². The van der Waals surface area contributed by atoms with Gasteiger partial charge in [-0.2, -0.15) is 0 Å². The highest BCUT2D eigenvalue weighted by Gasteiger charge is 2.59. The number of ether oxygens (including phenoxy) is 8. The lowest BCUT2D eigenvalue weighted by atomic mass is 9.80. The molecule has 29 nitrogen and oxygen atoms in total. The van der Waals surface area contributed by atoms with Crippen molar-refractivity contribution in [3.8, 4) is 0 Å². The second-order valence-electron chi connectivity index (χ2n) is 34.4. The zero-order chi connectivity index (χ0) is 87.8. The van der Waals surface area contributed by atoms with Gasteiger partial charge in [0.25, 0.3) is 0 Å². The zero-order valence-corrected chi connectivity index (χ0v) is 72.9. The van der Waals surface area contributed by atoms with Gasteiger partial charge in [0.1, 0.15) is 72.9 Å². The Balaban J connectivity index is 1.01. The number of amides is 8. The summed E-state index contributed by atoms with van der Waals surface area (Å²) in [5.74, 6) is -11.5. The first-order chi connectivity index (χ1) is 57.6. The largest absolute Gasteiger partial charge is 0.462 e. The van der Waals surface area contributed by atoms with E-state index in [1.807, 2.05) is 122 Å². The summed E-state index contributed by atoms with van der Waals surface area (Å²) in [5, 5.41) is 19.8. The van der Waals surface area contributed by atoms with Crippen LogP contribution in [0.1, 0.15) is 208 Å². The summed E-state index contributed by atoms with van der Waals surface area (Å²) in [6, 6.07) is 26.9. The third-order valence-corrected chi connectivity index (χ3v) is 24.3. The number of benzene rings is 4. The molecule has 121 heavy (non-hydrogen) atoms. The van der Waals surface area contributed by atoms with Gasteiger partial charge in [0.15, 0.2) is 6.29 Å². The lowest BCUT2D eigenvalue weighted by Crippen LogP contribution is -2.60. The summed E-state index contributed by atoms with van der Waals surface area (Å²) in [7, 11) is 0. The Morgan fingerprint density at radius 2 is 1.22 bits per heavy atom. The fourth-order valence-corrected chi connectivity index (χ4v) is 17.9. The highest BCUT2D eigenvalue weighted by Crippen LogP contribution is 2.52. The summed E-state index contributed by atoms with van der Waals surface area (Å²) in [6.45, 7) is 20.7. The molecule has 4 aromatic carbocycles. The molecule has 5 aliphatic rings. The van der Waals surface area contributed by atoms with Crippen LogP contribution in [0.2, 0.25) is 0 Å². The third-order valence-electron chi connectivity index (χ3n) is 22.7. The Labute approximate surface area is 715 Å². The van der Waals surface area contributed by atoms with E-state index in [0.717, 1.165) is 85.2 Å². The van der Waals surface area contributed by atoms with E-state index < -0.39 is 192 Å². The van der Waals surface area contributed by atoms with Gasteiger partial charge in [0.05, 0.1) is 49.2 Å². The first-order valence-corrected chi connectivity index (χ1v) is 43.6. The minimum absolute atomic E-state index is 0.0719. The maximum absolute atomic E-state index is 16.1. The molecule has 0 radical (unpaired) electrons. The number of hydrogen-bond acceptors (Lipinski definition) is 22. The second-order valence-corrected chi connectivity index (χ2v) is 35.6. The van der Waals surface area contributed by atoms with Crippen LogP contribution in [0.4, 0.5) is 10.5 Å². The topological polar surface area (TPSA) is 369 Å². The van der Waals surface area contributed by atoms with Crippen molar-refractivity contribution in [2.24, 2.45) is 11.8 Å². The van der Waals surface area contributed by atoms with E-state index in [-0.39, 0.29) is 44.0 Å². The predicted molar refractivity (Wildman–Crippen MR) is 454 cm³/mol. The van der Waals surface area contributed by atoms with Crippen molar-refractivity contribution >= 4 is 88.8 Å². The normalized spacial score (nSPS) is 21.8. The van der Waals surface area contributed by atoms with Crippen LogP contribution < -0.4 is 37.2 Å². The molecule has 1 saturated carbocycles. The van der Waals surface area contributed by atoms with Crippen LogP contribution in [0.3, 0.4) is 0 Å². The van der Waals surface area contributed by atoms with Gasteiger partial charge < -0.3 is 80.0 Å². The number of likely N-dealkylation sites (tertiary alicyclic amines) is 2. The molecule has 4 aliphatic heterocycles. The van der Waals surface area contributed by atoms with Crippen LogP contribution in [-0.2, 0) is 101 Å². The van der Waals surface area contributed by atoms with E-state index in [0.29, 0.717) is 32.3 Å². The van der Waals surface area contributed by atoms with Crippen LogP contribution in [0.5, 0.6) is 0 Å². The van der Waals surface area contributed by atoms with Gasteiger partial charge in [0.2, 0.25) is 41.4 Å². The molecule has 0 aromatic heterocycles. The van der Waals surface area contributed by atoms with E-state index in [4.69, 9.17) is 37.9 Å². The van der Waals surface area contributed by atoms with Gasteiger partial charge in [-0.15, -0.1) is 11.8 Å². The van der Waals surface area contributed by atoms with Gasteiger partial charge in [-0.25, -0.2) is 9.59 Å². The first kappa shape index (κ1) is 94.9. The molecular weight excluding hydrogens is 1570 g/mol. The molecule has 4 fully saturated rings. The molecule has 0 spiro atoms. The van der Waals surface area contributed by atoms with Gasteiger partial charge in [0, 0.05) is 49.6 Å². The van der Waals surface area contributed by atoms with Gasteiger partial charge in [-0.1, -0.05) is 201 Å². The van der Waals surface area contributed by atoms with Crippen molar-refractivity contribution in [2.75, 3.05) is 50.5 Å². The van der Waals surface area contributed by atoms with Crippen LogP contribution in [0.15, 0.2) is 128 Å². The molecule has 14 atom stereocenters. The standard InChI is InChI=1S/C91H125N9O20S/c1-14-47-113-76(105)49-69(84(110)99-53-66(118-77-46-34-43-65(117-77)54-115-64-41-30-19-17-16-18-20-31-42-64)48-71(99)82(108)98-79(85(111)119-88(7,8)9)58(4)73(116-60(6)102)55-114-59(5)101)95-80(106)70(56-121-91(61-35-24-21-25-36-61,62-37-26-22-27-38-62)63-39-28-23-29-40-63)94-74(103)51-93-83(109)78(57(3)15-2)97-75(104)52-92-81(107)72-50-90(13)67-44-32-33-45-68(67)96-86(90)100(72)87(112)120-89(10,11)12/h14,21-29,32-33,35-40,44-45,57-58,64-66,69-73,77-79,86,96H,1,15-20,30-31,34,41-43,46-56H2,2-13H3,(H,92,107)(H,93,109)(H,94,103)(H,95,106)(H,97,104)(H,98,108)/t57?,58-,65?,66+,69-,70?,71-,72?,73-,77?,78?,79-,86?,90?/m0/s1. The van der Waals surface area contributed by atoms with Crippen LogP contribution in [0, 0.1) is 11.8 Å². The Kier molecular flexibility index (Phi) is 34.7. The highest BCUT2D eigenvalue weighted by atomic mass is 32.2. The summed E-state index contributed by atoms with van der Waals surface area (Å²) < 4.78 is 46.9. The maximum Gasteiger partial charge on any atom is 0.412 e. The minimum atomic E-state index is -1.89. The Morgan fingerprint density at radius 1 is 0.636 bits per heavy atom. The van der Waals surface area contributed by atoms with E-state index in [1.165, 1.54) is 48.9 Å². The molecule has 3 saturated heterocycles. The van der Waals surface area contributed by atoms with Crippen LogP contribution in [0.25, 0.3) is 0 Å². The molecule has 4 aromatic rings. The summed E-state index contributed by atoms with van der Waals surface area (Å²) in [4.78, 5) is 176. The van der Waals surface area contributed by atoms with Crippen molar-refractivity contribution in [1.82, 2.24) is 41.7 Å². The monoisotopic (exact) mass is 1700 g/mol. The summed E-state index contributed by atoms with van der Waals surface area (Å²) in [5.41, 5.74) is 1.26. The molecule has 1 aliphatic carbocycles. The van der Waals surface area contributed by atoms with Crippen LogP contribution in [-0.4, -0.2) is 211 Å².